The molecule has 17 heavy (non-hydrogen) atoms. The fourth-order valence-electron chi connectivity index (χ4n) is 0.905. The van der Waals surface area contributed by atoms with E-state index in [1.54, 1.807) is 12.3 Å². The highest BCUT2D eigenvalue weighted by atomic mass is 35.5. The van der Waals surface area contributed by atoms with Crippen molar-refractivity contribution in [2.45, 2.75) is 13.3 Å². The summed E-state index contributed by atoms with van der Waals surface area (Å²) >= 11 is 5.87. The Morgan fingerprint density at radius 1 is 1.71 bits per heavy atom. The third-order valence-corrected chi connectivity index (χ3v) is 1.98. The van der Waals surface area contributed by atoms with Crippen molar-refractivity contribution >= 4 is 23.8 Å². The van der Waals surface area contributed by atoms with Gasteiger partial charge in [-0.2, -0.15) is 5.10 Å². The Hall–Kier alpha value is -1.66. The van der Waals surface area contributed by atoms with Crippen LogP contribution >= 0.6 is 11.6 Å². The second-order valence-electron chi connectivity index (χ2n) is 3.09. The molecule has 0 saturated heterocycles. The Labute approximate surface area is 104 Å². The second-order valence-corrected chi connectivity index (χ2v) is 3.50. The SMILES string of the molecule is CCCONC(=N)NN=Cc1ccncc1Cl. The number of hydrogen-bond donors (Lipinski definition) is 3. The van der Waals surface area contributed by atoms with Gasteiger partial charge in [-0.25, -0.2) is 10.9 Å². The van der Waals surface area contributed by atoms with E-state index in [-0.39, 0.29) is 5.96 Å². The Morgan fingerprint density at radius 3 is 3.24 bits per heavy atom. The number of nitrogens with zero attached hydrogens (tertiary/aromatic N) is 2. The molecule has 6 nitrogen and oxygen atoms in total. The lowest BCUT2D eigenvalue weighted by atomic mass is 10.3. The first-order valence-electron chi connectivity index (χ1n) is 5.09. The average molecular weight is 256 g/mol. The highest BCUT2D eigenvalue weighted by Crippen LogP contribution is 2.10. The molecule has 0 amide bonds. The minimum atomic E-state index is -0.0418. The normalized spacial score (nSPS) is 10.5. The summed E-state index contributed by atoms with van der Waals surface area (Å²) in [6, 6.07) is 1.72. The maximum absolute atomic E-state index is 7.38. The molecule has 7 heteroatoms. The van der Waals surface area contributed by atoms with Crippen LogP contribution in [0.15, 0.2) is 23.6 Å². The van der Waals surface area contributed by atoms with Gasteiger partial charge in [-0.3, -0.25) is 15.2 Å². The lowest BCUT2D eigenvalue weighted by Crippen LogP contribution is -2.33. The van der Waals surface area contributed by atoms with Crippen LogP contribution in [-0.4, -0.2) is 23.8 Å². The molecule has 0 fully saturated rings. The molecule has 0 spiro atoms. The van der Waals surface area contributed by atoms with Crippen molar-refractivity contribution in [3.63, 3.8) is 0 Å². The predicted octanol–water partition coefficient (Wildman–Crippen LogP) is 1.52. The molecule has 0 radical (unpaired) electrons. The fourth-order valence-corrected chi connectivity index (χ4v) is 1.07. The van der Waals surface area contributed by atoms with Gasteiger partial charge in [-0.05, 0) is 12.5 Å². The first-order chi connectivity index (χ1) is 8.24. The molecule has 1 aromatic heterocycles. The van der Waals surface area contributed by atoms with Crippen LogP contribution in [0, 0.1) is 5.41 Å². The van der Waals surface area contributed by atoms with E-state index in [0.29, 0.717) is 11.6 Å². The minimum Gasteiger partial charge on any atom is -0.274 e. The van der Waals surface area contributed by atoms with Crippen LogP contribution in [0.1, 0.15) is 18.9 Å². The van der Waals surface area contributed by atoms with Crippen molar-refractivity contribution in [3.8, 4) is 0 Å². The number of nitrogens with one attached hydrogen (secondary N) is 3. The molecule has 3 N–H and O–H groups in total. The summed E-state index contributed by atoms with van der Waals surface area (Å²) in [6.45, 7) is 2.51. The fraction of sp³-hybridized carbons (Fsp3) is 0.300. The number of hydroxylamine groups is 1. The first-order valence-corrected chi connectivity index (χ1v) is 5.46. The zero-order chi connectivity index (χ0) is 12.5. The zero-order valence-corrected chi connectivity index (χ0v) is 10.2. The van der Waals surface area contributed by atoms with Crippen LogP contribution in [0.4, 0.5) is 0 Å². The van der Waals surface area contributed by atoms with Crippen molar-refractivity contribution in [1.29, 1.82) is 5.41 Å². The number of guanidine groups is 1. The lowest BCUT2D eigenvalue weighted by Gasteiger charge is -2.05. The Morgan fingerprint density at radius 2 is 2.53 bits per heavy atom. The monoisotopic (exact) mass is 255 g/mol. The maximum atomic E-state index is 7.38. The van der Waals surface area contributed by atoms with Gasteiger partial charge < -0.3 is 0 Å². The third-order valence-electron chi connectivity index (χ3n) is 1.66. The molecular weight excluding hydrogens is 242 g/mol. The van der Waals surface area contributed by atoms with Crippen molar-refractivity contribution in [3.05, 3.63) is 29.0 Å². The topological polar surface area (TPSA) is 82.4 Å². The summed E-state index contributed by atoms with van der Waals surface area (Å²) in [4.78, 5) is 8.77. The number of hydrazone groups is 1. The third kappa shape index (κ3) is 5.28. The molecule has 1 heterocycles. The Bertz CT molecular complexity index is 396. The van der Waals surface area contributed by atoms with Gasteiger partial charge >= 0.3 is 0 Å². The number of pyridine rings is 1. The van der Waals surface area contributed by atoms with Crippen molar-refractivity contribution < 1.29 is 4.84 Å². The Balaban J connectivity index is 2.35. The summed E-state index contributed by atoms with van der Waals surface area (Å²) in [6.07, 6.45) is 5.51. The van der Waals surface area contributed by atoms with E-state index in [0.717, 1.165) is 12.0 Å². The van der Waals surface area contributed by atoms with E-state index in [1.807, 2.05) is 6.92 Å². The van der Waals surface area contributed by atoms with Gasteiger partial charge in [-0.15, -0.1) is 0 Å². The van der Waals surface area contributed by atoms with Gasteiger partial charge in [0.25, 0.3) is 0 Å². The molecule has 0 unspecified atom stereocenters. The molecule has 0 saturated carbocycles. The molecular formula is C10H14ClN5O. The van der Waals surface area contributed by atoms with Gasteiger partial charge in [0.05, 0.1) is 17.8 Å². The molecule has 0 atom stereocenters. The average Bonchev–Trinajstić information content (AvgIpc) is 2.32. The van der Waals surface area contributed by atoms with Crippen molar-refractivity contribution in [2.75, 3.05) is 6.61 Å². The largest absolute Gasteiger partial charge is 0.274 e. The number of hydrogen-bond acceptors (Lipinski definition) is 4. The number of halogens is 1. The minimum absolute atomic E-state index is 0.0418. The number of rotatable bonds is 5. The molecule has 0 aromatic carbocycles. The molecule has 0 aliphatic carbocycles. The Kier molecular flexibility index (Phi) is 5.98. The van der Waals surface area contributed by atoms with Crippen LogP contribution < -0.4 is 10.9 Å². The summed E-state index contributed by atoms with van der Waals surface area (Å²) < 4.78 is 0. The highest BCUT2D eigenvalue weighted by molar-refractivity contribution is 6.32. The van der Waals surface area contributed by atoms with E-state index in [9.17, 15) is 0 Å². The van der Waals surface area contributed by atoms with E-state index in [1.165, 1.54) is 12.4 Å². The molecule has 1 aromatic rings. The van der Waals surface area contributed by atoms with E-state index >= 15 is 0 Å². The van der Waals surface area contributed by atoms with Gasteiger partial charge in [-0.1, -0.05) is 18.5 Å². The van der Waals surface area contributed by atoms with Crippen LogP contribution in [0.5, 0.6) is 0 Å². The van der Waals surface area contributed by atoms with Crippen molar-refractivity contribution in [1.82, 2.24) is 15.9 Å². The summed E-state index contributed by atoms with van der Waals surface area (Å²) in [5, 5.41) is 11.7. The van der Waals surface area contributed by atoms with Crippen molar-refractivity contribution in [2.24, 2.45) is 5.10 Å². The lowest BCUT2D eigenvalue weighted by molar-refractivity contribution is 0.0825. The van der Waals surface area contributed by atoms with E-state index in [4.69, 9.17) is 21.8 Å². The molecule has 0 bridgehead atoms. The zero-order valence-electron chi connectivity index (χ0n) is 9.40. The van der Waals surface area contributed by atoms with E-state index < -0.39 is 0 Å². The molecule has 92 valence electrons. The van der Waals surface area contributed by atoms with Crippen LogP contribution in [0.2, 0.25) is 5.02 Å². The smallest absolute Gasteiger partial charge is 0.233 e. The molecule has 1 rings (SSSR count). The summed E-state index contributed by atoms with van der Waals surface area (Å²) in [5.41, 5.74) is 5.57. The predicted molar refractivity (Wildman–Crippen MR) is 67.1 cm³/mol. The van der Waals surface area contributed by atoms with Gasteiger partial charge in [0.15, 0.2) is 0 Å². The summed E-state index contributed by atoms with van der Waals surface area (Å²) in [7, 11) is 0. The van der Waals surface area contributed by atoms with Crippen LogP contribution in [0.25, 0.3) is 0 Å². The molecule has 0 aliphatic rings. The number of aromatic nitrogens is 1. The van der Waals surface area contributed by atoms with Gasteiger partial charge in [0, 0.05) is 18.0 Å². The first kappa shape index (κ1) is 13.4. The second kappa shape index (κ2) is 7.59. The summed E-state index contributed by atoms with van der Waals surface area (Å²) in [5.74, 6) is -0.0418. The van der Waals surface area contributed by atoms with Gasteiger partial charge in [0.1, 0.15) is 0 Å². The van der Waals surface area contributed by atoms with E-state index in [2.05, 4.69) is 21.0 Å². The van der Waals surface area contributed by atoms with Crippen LogP contribution in [-0.2, 0) is 4.84 Å². The quantitative estimate of drug-likeness (QED) is 0.322. The highest BCUT2D eigenvalue weighted by Gasteiger charge is 1.95. The standard InChI is InChI=1S/C10H14ClN5O/c1-2-5-17-16-10(12)15-14-6-8-3-4-13-7-9(8)11/h3-4,6-7H,2,5H2,1H3,(H3,12,15,16). The molecule has 0 aliphatic heterocycles. The maximum Gasteiger partial charge on any atom is 0.233 e. The van der Waals surface area contributed by atoms with Gasteiger partial charge in [0.2, 0.25) is 5.96 Å². The van der Waals surface area contributed by atoms with Crippen LogP contribution in [0.3, 0.4) is 0 Å².